The molecule has 70 valence electrons. The number of nitrogen functional groups attached to an aromatic ring is 1. The number of para-hydroxylation sites is 1. The number of benzene rings is 1. The summed E-state index contributed by atoms with van der Waals surface area (Å²) in [6.07, 6.45) is 3.42. The van der Waals surface area contributed by atoms with E-state index in [2.05, 4.69) is 12.1 Å². The van der Waals surface area contributed by atoms with Crippen molar-refractivity contribution in [2.45, 2.75) is 31.2 Å². The van der Waals surface area contributed by atoms with Gasteiger partial charge in [0.1, 0.15) is 0 Å². The van der Waals surface area contributed by atoms with Crippen LogP contribution in [0.3, 0.4) is 0 Å². The second-order valence-corrected chi connectivity index (χ2v) is 3.90. The largest absolute Gasteiger partial charge is 0.398 e. The molecule has 1 aromatic carbocycles. The van der Waals surface area contributed by atoms with E-state index in [1.807, 2.05) is 12.1 Å². The molecule has 13 heavy (non-hydrogen) atoms. The van der Waals surface area contributed by atoms with Gasteiger partial charge in [-0.2, -0.15) is 0 Å². The summed E-state index contributed by atoms with van der Waals surface area (Å²) in [5.41, 5.74) is 14.0. The molecular formula is C11H16N2. The number of nitrogens with two attached hydrogens (primary N) is 2. The lowest BCUT2D eigenvalue weighted by atomic mass is 9.96. The molecule has 2 rings (SSSR count). The van der Waals surface area contributed by atoms with Gasteiger partial charge in [-0.3, -0.25) is 0 Å². The smallest absolute Gasteiger partial charge is 0.0349 e. The van der Waals surface area contributed by atoms with Crippen LogP contribution in [0.1, 0.15) is 30.7 Å². The lowest BCUT2D eigenvalue weighted by Gasteiger charge is -2.12. The van der Waals surface area contributed by atoms with Gasteiger partial charge in [0, 0.05) is 11.7 Å². The van der Waals surface area contributed by atoms with Crippen molar-refractivity contribution in [2.24, 2.45) is 5.73 Å². The fourth-order valence-electron chi connectivity index (χ4n) is 2.18. The monoisotopic (exact) mass is 176 g/mol. The number of anilines is 1. The average Bonchev–Trinajstić information content (AvgIpc) is 2.53. The minimum atomic E-state index is 0.379. The molecule has 0 heterocycles. The lowest BCUT2D eigenvalue weighted by molar-refractivity contribution is 0.676. The van der Waals surface area contributed by atoms with Gasteiger partial charge in [0.05, 0.1) is 0 Å². The Balaban J connectivity index is 2.21. The topological polar surface area (TPSA) is 52.0 Å². The summed E-state index contributed by atoms with van der Waals surface area (Å²) in [5, 5.41) is 0. The van der Waals surface area contributed by atoms with E-state index < -0.39 is 0 Å². The van der Waals surface area contributed by atoms with Gasteiger partial charge >= 0.3 is 0 Å². The van der Waals surface area contributed by atoms with Crippen molar-refractivity contribution in [1.82, 2.24) is 0 Å². The van der Waals surface area contributed by atoms with Gasteiger partial charge < -0.3 is 11.5 Å². The molecule has 0 saturated heterocycles. The molecule has 2 heteroatoms. The van der Waals surface area contributed by atoms with Gasteiger partial charge in [0.25, 0.3) is 0 Å². The standard InChI is InChI=1S/C11H16N2/c12-9-6-5-8(7-9)10-3-1-2-4-11(10)13/h1-4,8-9H,5-7,12-13H2/t8-,9+/m0/s1. The minimum absolute atomic E-state index is 0.379. The Kier molecular flexibility index (Phi) is 2.23. The van der Waals surface area contributed by atoms with E-state index in [0.717, 1.165) is 18.5 Å². The predicted octanol–water partition coefficient (Wildman–Crippen LogP) is 1.86. The molecule has 0 bridgehead atoms. The molecule has 1 fully saturated rings. The Morgan fingerprint density at radius 2 is 1.92 bits per heavy atom. The van der Waals surface area contributed by atoms with Gasteiger partial charge in [-0.1, -0.05) is 18.2 Å². The van der Waals surface area contributed by atoms with Crippen LogP contribution in [-0.2, 0) is 0 Å². The maximum Gasteiger partial charge on any atom is 0.0349 e. The summed E-state index contributed by atoms with van der Waals surface area (Å²) in [6, 6.07) is 8.50. The molecule has 0 amide bonds. The maximum atomic E-state index is 5.90. The molecule has 0 aliphatic heterocycles. The van der Waals surface area contributed by atoms with E-state index in [-0.39, 0.29) is 0 Å². The first kappa shape index (κ1) is 8.57. The normalized spacial score (nSPS) is 27.8. The highest BCUT2D eigenvalue weighted by atomic mass is 14.7. The van der Waals surface area contributed by atoms with Crippen molar-refractivity contribution >= 4 is 5.69 Å². The Labute approximate surface area is 78.9 Å². The van der Waals surface area contributed by atoms with Crippen molar-refractivity contribution in [1.29, 1.82) is 0 Å². The number of rotatable bonds is 1. The second kappa shape index (κ2) is 3.38. The average molecular weight is 176 g/mol. The number of hydrogen-bond acceptors (Lipinski definition) is 2. The van der Waals surface area contributed by atoms with Gasteiger partial charge in [-0.15, -0.1) is 0 Å². The van der Waals surface area contributed by atoms with E-state index in [0.29, 0.717) is 12.0 Å². The molecule has 1 aliphatic rings. The fourth-order valence-corrected chi connectivity index (χ4v) is 2.18. The van der Waals surface area contributed by atoms with Crippen LogP contribution in [0.15, 0.2) is 24.3 Å². The van der Waals surface area contributed by atoms with Crippen LogP contribution < -0.4 is 11.5 Å². The highest BCUT2D eigenvalue weighted by molar-refractivity contribution is 5.48. The van der Waals surface area contributed by atoms with Gasteiger partial charge in [-0.25, -0.2) is 0 Å². The van der Waals surface area contributed by atoms with Crippen LogP contribution in [-0.4, -0.2) is 6.04 Å². The Morgan fingerprint density at radius 1 is 1.15 bits per heavy atom. The van der Waals surface area contributed by atoms with Crippen LogP contribution in [0.5, 0.6) is 0 Å². The minimum Gasteiger partial charge on any atom is -0.398 e. The van der Waals surface area contributed by atoms with Crippen LogP contribution >= 0.6 is 0 Å². The van der Waals surface area contributed by atoms with Crippen molar-refractivity contribution in [3.05, 3.63) is 29.8 Å². The molecule has 0 unspecified atom stereocenters. The third-order valence-corrected chi connectivity index (χ3v) is 2.91. The first-order chi connectivity index (χ1) is 6.27. The van der Waals surface area contributed by atoms with Gasteiger partial charge in [0.15, 0.2) is 0 Å². The van der Waals surface area contributed by atoms with E-state index in [4.69, 9.17) is 11.5 Å². The highest BCUT2D eigenvalue weighted by Crippen LogP contribution is 2.35. The number of hydrogen-bond donors (Lipinski definition) is 2. The summed E-state index contributed by atoms with van der Waals surface area (Å²) in [6.45, 7) is 0. The van der Waals surface area contributed by atoms with E-state index in [1.54, 1.807) is 0 Å². The Morgan fingerprint density at radius 3 is 2.54 bits per heavy atom. The molecular weight excluding hydrogens is 160 g/mol. The zero-order valence-electron chi connectivity index (χ0n) is 7.74. The van der Waals surface area contributed by atoms with Crippen LogP contribution in [0.25, 0.3) is 0 Å². The SMILES string of the molecule is Nc1ccccc1[C@H]1CC[C@@H](N)C1. The van der Waals surface area contributed by atoms with Crippen molar-refractivity contribution in [2.75, 3.05) is 5.73 Å². The summed E-state index contributed by atoms with van der Waals surface area (Å²) in [7, 11) is 0. The first-order valence-electron chi connectivity index (χ1n) is 4.87. The second-order valence-electron chi connectivity index (χ2n) is 3.90. The van der Waals surface area contributed by atoms with Gasteiger partial charge in [-0.05, 0) is 36.8 Å². The van der Waals surface area contributed by atoms with Crippen LogP contribution in [0.4, 0.5) is 5.69 Å². The lowest BCUT2D eigenvalue weighted by Crippen LogP contribution is -2.14. The Hall–Kier alpha value is -1.02. The zero-order valence-corrected chi connectivity index (χ0v) is 7.74. The van der Waals surface area contributed by atoms with Crippen molar-refractivity contribution in [3.8, 4) is 0 Å². The molecule has 2 nitrogen and oxygen atoms in total. The molecule has 1 saturated carbocycles. The van der Waals surface area contributed by atoms with E-state index >= 15 is 0 Å². The zero-order chi connectivity index (χ0) is 9.26. The summed E-state index contributed by atoms with van der Waals surface area (Å²) < 4.78 is 0. The summed E-state index contributed by atoms with van der Waals surface area (Å²) >= 11 is 0. The maximum absolute atomic E-state index is 5.90. The predicted molar refractivity (Wildman–Crippen MR) is 55.4 cm³/mol. The Bertz CT molecular complexity index is 296. The van der Waals surface area contributed by atoms with Crippen molar-refractivity contribution in [3.63, 3.8) is 0 Å². The van der Waals surface area contributed by atoms with Crippen LogP contribution in [0.2, 0.25) is 0 Å². The summed E-state index contributed by atoms with van der Waals surface area (Å²) in [5.74, 6) is 0.594. The van der Waals surface area contributed by atoms with Crippen molar-refractivity contribution < 1.29 is 0 Å². The van der Waals surface area contributed by atoms with Gasteiger partial charge in [0.2, 0.25) is 0 Å². The van der Waals surface area contributed by atoms with E-state index in [1.165, 1.54) is 12.0 Å². The van der Waals surface area contributed by atoms with Crippen LogP contribution in [0, 0.1) is 0 Å². The third-order valence-electron chi connectivity index (χ3n) is 2.91. The molecule has 0 spiro atoms. The highest BCUT2D eigenvalue weighted by Gasteiger charge is 2.24. The van der Waals surface area contributed by atoms with E-state index in [9.17, 15) is 0 Å². The molecule has 0 radical (unpaired) electrons. The first-order valence-corrected chi connectivity index (χ1v) is 4.87. The molecule has 1 aliphatic carbocycles. The molecule has 0 aromatic heterocycles. The molecule has 1 aromatic rings. The molecule has 2 atom stereocenters. The molecule has 4 N–H and O–H groups in total. The fraction of sp³-hybridized carbons (Fsp3) is 0.455. The quantitative estimate of drug-likeness (QED) is 0.642. The summed E-state index contributed by atoms with van der Waals surface area (Å²) in [4.78, 5) is 0. The third kappa shape index (κ3) is 1.68.